The van der Waals surface area contributed by atoms with Crippen molar-refractivity contribution in [2.45, 2.75) is 0 Å². The molecule has 0 unspecified atom stereocenters. The van der Waals surface area contributed by atoms with Gasteiger partial charge in [-0.05, 0) is 6.07 Å². The standard InChI is InChI=1S/C16H12ClF2N3O2/c1-23-10-5-11(24-2)14(19)15(13(10)18)21-6-8-7-22-16-9(12(8)17)3-4-20-16/h3-7H,1-2H3,(H,20,22). The molecule has 0 spiro atoms. The second-order valence-electron chi connectivity index (χ2n) is 4.78. The van der Waals surface area contributed by atoms with Crippen LogP contribution in [0, 0.1) is 11.6 Å². The maximum atomic E-state index is 14.3. The highest BCUT2D eigenvalue weighted by Gasteiger charge is 2.19. The van der Waals surface area contributed by atoms with Crippen molar-refractivity contribution >= 4 is 34.5 Å². The number of aromatic amines is 1. The fraction of sp³-hybridized carbons (Fsp3) is 0.125. The first-order valence-corrected chi connectivity index (χ1v) is 7.20. The molecule has 3 rings (SSSR count). The summed E-state index contributed by atoms with van der Waals surface area (Å²) in [5, 5.41) is 1.06. The van der Waals surface area contributed by atoms with E-state index in [0.717, 1.165) is 6.07 Å². The van der Waals surface area contributed by atoms with Crippen molar-refractivity contribution < 1.29 is 18.3 Å². The van der Waals surface area contributed by atoms with Gasteiger partial charge in [-0.25, -0.2) is 18.8 Å². The number of halogens is 3. The summed E-state index contributed by atoms with van der Waals surface area (Å²) in [6.45, 7) is 0. The Morgan fingerprint density at radius 2 is 1.88 bits per heavy atom. The number of rotatable bonds is 4. The van der Waals surface area contributed by atoms with Gasteiger partial charge in [0.15, 0.2) is 23.1 Å². The second-order valence-corrected chi connectivity index (χ2v) is 5.16. The number of H-pyrrole nitrogens is 1. The Labute approximate surface area is 140 Å². The molecule has 5 nitrogen and oxygen atoms in total. The average molecular weight is 352 g/mol. The second kappa shape index (κ2) is 6.45. The van der Waals surface area contributed by atoms with E-state index < -0.39 is 17.3 Å². The molecule has 24 heavy (non-hydrogen) atoms. The summed E-state index contributed by atoms with van der Waals surface area (Å²) in [4.78, 5) is 11.0. The molecule has 0 saturated heterocycles. The molecule has 8 heteroatoms. The molecule has 0 aliphatic carbocycles. The van der Waals surface area contributed by atoms with Crippen LogP contribution in [0.1, 0.15) is 5.56 Å². The van der Waals surface area contributed by atoms with E-state index in [1.807, 2.05) is 0 Å². The number of ether oxygens (including phenoxy) is 2. The third kappa shape index (κ3) is 2.67. The molecule has 1 aromatic carbocycles. The molecule has 0 bridgehead atoms. The molecule has 0 radical (unpaired) electrons. The van der Waals surface area contributed by atoms with Crippen molar-refractivity contribution in [1.29, 1.82) is 0 Å². The molecule has 2 aromatic heterocycles. The van der Waals surface area contributed by atoms with E-state index in [1.165, 1.54) is 26.6 Å². The largest absolute Gasteiger partial charge is 0.493 e. The maximum Gasteiger partial charge on any atom is 0.193 e. The van der Waals surface area contributed by atoms with Gasteiger partial charge in [-0.15, -0.1) is 0 Å². The molecular weight excluding hydrogens is 340 g/mol. The predicted octanol–water partition coefficient (Wildman–Crippen LogP) is 4.26. The van der Waals surface area contributed by atoms with Crippen LogP contribution in [-0.4, -0.2) is 30.4 Å². The van der Waals surface area contributed by atoms with Crippen LogP contribution in [0.2, 0.25) is 5.02 Å². The van der Waals surface area contributed by atoms with Crippen molar-refractivity contribution in [3.05, 3.63) is 46.7 Å². The summed E-state index contributed by atoms with van der Waals surface area (Å²) in [7, 11) is 2.54. The molecule has 0 amide bonds. The zero-order chi connectivity index (χ0) is 17.3. The summed E-state index contributed by atoms with van der Waals surface area (Å²) >= 11 is 6.26. The van der Waals surface area contributed by atoms with E-state index in [1.54, 1.807) is 12.3 Å². The van der Waals surface area contributed by atoms with Crippen molar-refractivity contribution in [2.24, 2.45) is 4.99 Å². The quantitative estimate of drug-likeness (QED) is 0.714. The highest BCUT2D eigenvalue weighted by Crippen LogP contribution is 2.36. The minimum atomic E-state index is -0.932. The SMILES string of the molecule is COc1cc(OC)c(F)c(N=Cc2cnc3[nH]ccc3c2Cl)c1F. The Hall–Kier alpha value is -2.67. The molecule has 0 atom stereocenters. The van der Waals surface area contributed by atoms with Crippen molar-refractivity contribution in [1.82, 2.24) is 9.97 Å². The number of nitrogens with zero attached hydrogens (tertiary/aromatic N) is 2. The van der Waals surface area contributed by atoms with Crippen molar-refractivity contribution in [2.75, 3.05) is 14.2 Å². The van der Waals surface area contributed by atoms with Gasteiger partial charge >= 0.3 is 0 Å². The third-order valence-electron chi connectivity index (χ3n) is 3.43. The highest BCUT2D eigenvalue weighted by atomic mass is 35.5. The number of benzene rings is 1. The van der Waals surface area contributed by atoms with Gasteiger partial charge < -0.3 is 14.5 Å². The van der Waals surface area contributed by atoms with Crippen LogP contribution in [0.15, 0.2) is 29.5 Å². The summed E-state index contributed by atoms with van der Waals surface area (Å²) in [5.41, 5.74) is 0.498. The fourth-order valence-electron chi connectivity index (χ4n) is 2.20. The topological polar surface area (TPSA) is 59.5 Å². The van der Waals surface area contributed by atoms with Crippen LogP contribution in [-0.2, 0) is 0 Å². The lowest BCUT2D eigenvalue weighted by Gasteiger charge is -2.09. The van der Waals surface area contributed by atoms with Crippen LogP contribution >= 0.6 is 11.6 Å². The first-order valence-electron chi connectivity index (χ1n) is 6.82. The molecule has 0 fully saturated rings. The molecule has 124 valence electrons. The lowest BCUT2D eigenvalue weighted by molar-refractivity contribution is 0.359. The number of fused-ring (bicyclic) bond motifs is 1. The fourth-order valence-corrected chi connectivity index (χ4v) is 2.45. The number of methoxy groups -OCH3 is 2. The maximum absolute atomic E-state index is 14.3. The van der Waals surface area contributed by atoms with Gasteiger partial charge in [0.2, 0.25) is 0 Å². The van der Waals surface area contributed by atoms with E-state index in [0.29, 0.717) is 21.6 Å². The zero-order valence-corrected chi connectivity index (χ0v) is 13.5. The lowest BCUT2D eigenvalue weighted by atomic mass is 10.2. The molecule has 0 saturated carbocycles. The number of aromatic nitrogens is 2. The molecular formula is C16H12ClF2N3O2. The van der Waals surface area contributed by atoms with Gasteiger partial charge in [0.05, 0.1) is 19.2 Å². The first-order chi connectivity index (χ1) is 11.6. The van der Waals surface area contributed by atoms with Gasteiger partial charge in [0.1, 0.15) is 11.3 Å². The zero-order valence-electron chi connectivity index (χ0n) is 12.7. The lowest BCUT2D eigenvalue weighted by Crippen LogP contribution is -1.96. The minimum Gasteiger partial charge on any atom is -0.493 e. The molecule has 2 heterocycles. The van der Waals surface area contributed by atoms with E-state index in [4.69, 9.17) is 21.1 Å². The average Bonchev–Trinajstić information content (AvgIpc) is 3.06. The smallest absolute Gasteiger partial charge is 0.193 e. The Morgan fingerprint density at radius 1 is 1.21 bits per heavy atom. The van der Waals surface area contributed by atoms with E-state index >= 15 is 0 Å². The van der Waals surface area contributed by atoms with Gasteiger partial charge in [-0.1, -0.05) is 11.6 Å². The van der Waals surface area contributed by atoms with Crippen LogP contribution in [0.5, 0.6) is 11.5 Å². The number of pyridine rings is 1. The molecule has 3 aromatic rings. The van der Waals surface area contributed by atoms with Crippen LogP contribution in [0.25, 0.3) is 11.0 Å². The van der Waals surface area contributed by atoms with Gasteiger partial charge in [-0.3, -0.25) is 0 Å². The number of aliphatic imine (C=N–C) groups is 1. The summed E-state index contributed by atoms with van der Waals surface area (Å²) in [6.07, 6.45) is 4.39. The van der Waals surface area contributed by atoms with Crippen molar-refractivity contribution in [3.8, 4) is 11.5 Å². The Balaban J connectivity index is 2.09. The number of nitrogens with one attached hydrogen (secondary N) is 1. The number of hydrogen-bond donors (Lipinski definition) is 1. The van der Waals surface area contributed by atoms with E-state index in [2.05, 4.69) is 15.0 Å². The Kier molecular flexibility index (Phi) is 4.35. The Morgan fingerprint density at radius 3 is 2.50 bits per heavy atom. The van der Waals surface area contributed by atoms with Gasteiger partial charge in [0.25, 0.3) is 0 Å². The summed E-state index contributed by atoms with van der Waals surface area (Å²) < 4.78 is 38.3. The molecule has 0 aliphatic heterocycles. The van der Waals surface area contributed by atoms with Crippen LogP contribution < -0.4 is 9.47 Å². The molecule has 1 N–H and O–H groups in total. The monoisotopic (exact) mass is 351 g/mol. The summed E-state index contributed by atoms with van der Waals surface area (Å²) in [6, 6.07) is 2.86. The van der Waals surface area contributed by atoms with Gasteiger partial charge in [-0.2, -0.15) is 0 Å². The molecule has 0 aliphatic rings. The van der Waals surface area contributed by atoms with Gasteiger partial charge in [0, 0.05) is 35.6 Å². The number of hydrogen-bond acceptors (Lipinski definition) is 4. The highest BCUT2D eigenvalue weighted by molar-refractivity contribution is 6.37. The van der Waals surface area contributed by atoms with Crippen LogP contribution in [0.3, 0.4) is 0 Å². The van der Waals surface area contributed by atoms with Crippen molar-refractivity contribution in [3.63, 3.8) is 0 Å². The van der Waals surface area contributed by atoms with E-state index in [-0.39, 0.29) is 11.5 Å². The normalized spacial score (nSPS) is 11.4. The Bertz CT molecular complexity index is 912. The first kappa shape index (κ1) is 16.2. The predicted molar refractivity (Wildman–Crippen MR) is 87.8 cm³/mol. The minimum absolute atomic E-state index is 0.175. The third-order valence-corrected chi connectivity index (χ3v) is 3.85. The van der Waals surface area contributed by atoms with E-state index in [9.17, 15) is 8.78 Å². The summed E-state index contributed by atoms with van der Waals surface area (Å²) in [5.74, 6) is -2.21. The van der Waals surface area contributed by atoms with Crippen LogP contribution in [0.4, 0.5) is 14.5 Å².